The van der Waals surface area contributed by atoms with Gasteiger partial charge in [0.05, 0.1) is 18.1 Å². The van der Waals surface area contributed by atoms with Crippen LogP contribution in [0.1, 0.15) is 45.1 Å². The lowest BCUT2D eigenvalue weighted by Crippen LogP contribution is -2.42. The number of nitrogens with zero attached hydrogens (tertiary/aromatic N) is 7. The zero-order valence-electron chi connectivity index (χ0n) is 22.6. The van der Waals surface area contributed by atoms with Crippen molar-refractivity contribution in [3.05, 3.63) is 34.0 Å². The van der Waals surface area contributed by atoms with Gasteiger partial charge in [0.25, 0.3) is 0 Å². The van der Waals surface area contributed by atoms with Gasteiger partial charge in [0, 0.05) is 31.9 Å². The van der Waals surface area contributed by atoms with Gasteiger partial charge in [0.2, 0.25) is 11.6 Å². The van der Waals surface area contributed by atoms with Crippen LogP contribution in [0.5, 0.6) is 6.01 Å². The van der Waals surface area contributed by atoms with Gasteiger partial charge in [-0.3, -0.25) is 14.9 Å². The highest BCUT2D eigenvalue weighted by atomic mass is 16.6. The van der Waals surface area contributed by atoms with Gasteiger partial charge in [-0.2, -0.15) is 9.97 Å². The van der Waals surface area contributed by atoms with Crippen molar-refractivity contribution in [1.29, 1.82) is 0 Å². The minimum absolute atomic E-state index is 0.0833. The summed E-state index contributed by atoms with van der Waals surface area (Å²) in [6.07, 6.45) is 5.48. The van der Waals surface area contributed by atoms with Crippen LogP contribution < -0.4 is 20.3 Å². The van der Waals surface area contributed by atoms with Crippen LogP contribution >= 0.6 is 0 Å². The number of carbonyl (C=O) groups excluding carboxylic acids is 1. The maximum Gasteiger partial charge on any atom is 0.353 e. The molecule has 2 aromatic heterocycles. The lowest BCUT2D eigenvalue weighted by atomic mass is 10.0. The number of pyridine rings is 1. The van der Waals surface area contributed by atoms with E-state index in [1.165, 1.54) is 4.90 Å². The number of piperidine rings is 1. The van der Waals surface area contributed by atoms with E-state index in [9.17, 15) is 14.9 Å². The minimum Gasteiger partial charge on any atom is -0.465 e. The van der Waals surface area contributed by atoms with Crippen molar-refractivity contribution in [3.8, 4) is 6.01 Å². The first-order chi connectivity index (χ1) is 18.2. The minimum atomic E-state index is -0.655. The molecule has 2 aromatic rings. The number of aromatic nitrogens is 3. The Bertz CT molecular complexity index is 1070. The average molecular weight is 531 g/mol. The van der Waals surface area contributed by atoms with Crippen LogP contribution in [0.3, 0.4) is 0 Å². The molecule has 0 aliphatic carbocycles. The van der Waals surface area contributed by atoms with Crippen molar-refractivity contribution < 1.29 is 19.2 Å². The van der Waals surface area contributed by atoms with Gasteiger partial charge in [-0.25, -0.2) is 4.98 Å². The van der Waals surface area contributed by atoms with Crippen molar-refractivity contribution in [1.82, 2.24) is 19.9 Å². The van der Waals surface area contributed by atoms with E-state index in [1.807, 2.05) is 19.1 Å². The third-order valence-corrected chi connectivity index (χ3v) is 6.41. The molecule has 0 bridgehead atoms. The normalized spacial score (nSPS) is 14.0. The summed E-state index contributed by atoms with van der Waals surface area (Å²) in [6, 6.07) is 4.30. The van der Waals surface area contributed by atoms with Gasteiger partial charge >= 0.3 is 17.7 Å². The molecule has 1 fully saturated rings. The number of esters is 1. The number of ether oxygens (including phenoxy) is 2. The maximum absolute atomic E-state index is 12.4. The molecule has 0 unspecified atom stereocenters. The molecule has 1 aliphatic rings. The van der Waals surface area contributed by atoms with E-state index in [4.69, 9.17) is 15.2 Å². The SMILES string of the molecule is CCCCOc1nc(N)c([N+](=O)[O-])c(N(CC(=O)OCC)Cc2ccc(N3CCC(N(C)C)CC3)nc2)n1. The highest BCUT2D eigenvalue weighted by molar-refractivity contribution is 5.78. The standard InChI is InChI=1S/C25H38N8O5/c1-5-7-14-38-25-28-23(26)22(33(35)36)24(29-25)32(17-21(34)37-6-2)16-18-8-9-20(27-15-18)31-12-10-19(11-13-31)30(3)4/h8-9,15,19H,5-7,10-14,16-17H2,1-4H3,(H2,26,28,29). The Morgan fingerprint density at radius 3 is 2.55 bits per heavy atom. The van der Waals surface area contributed by atoms with Gasteiger partial charge in [-0.1, -0.05) is 19.4 Å². The molecule has 0 saturated carbocycles. The van der Waals surface area contributed by atoms with Crippen LogP contribution in [0.4, 0.5) is 23.1 Å². The fraction of sp³-hybridized carbons (Fsp3) is 0.600. The van der Waals surface area contributed by atoms with Crippen LogP contribution in [0.2, 0.25) is 0 Å². The highest BCUT2D eigenvalue weighted by Crippen LogP contribution is 2.33. The summed E-state index contributed by atoms with van der Waals surface area (Å²) >= 11 is 0. The first-order valence-corrected chi connectivity index (χ1v) is 12.9. The Kier molecular flexibility index (Phi) is 10.4. The Morgan fingerprint density at radius 2 is 1.97 bits per heavy atom. The molecule has 0 spiro atoms. The van der Waals surface area contributed by atoms with E-state index in [0.29, 0.717) is 12.6 Å². The summed E-state index contributed by atoms with van der Waals surface area (Å²) in [5, 5.41) is 11.9. The van der Waals surface area contributed by atoms with E-state index >= 15 is 0 Å². The molecule has 3 rings (SSSR count). The van der Waals surface area contributed by atoms with E-state index in [2.05, 4.69) is 38.8 Å². The van der Waals surface area contributed by atoms with Gasteiger partial charge in [0.15, 0.2) is 0 Å². The highest BCUT2D eigenvalue weighted by Gasteiger charge is 2.30. The Morgan fingerprint density at radius 1 is 1.24 bits per heavy atom. The van der Waals surface area contributed by atoms with Gasteiger partial charge in [0.1, 0.15) is 12.4 Å². The molecule has 1 saturated heterocycles. The monoisotopic (exact) mass is 530 g/mol. The molecule has 3 heterocycles. The Labute approximate surface area is 223 Å². The second-order valence-electron chi connectivity index (χ2n) is 9.39. The van der Waals surface area contributed by atoms with Crippen molar-refractivity contribution >= 4 is 29.1 Å². The van der Waals surface area contributed by atoms with Crippen molar-refractivity contribution in [3.63, 3.8) is 0 Å². The van der Waals surface area contributed by atoms with Crippen molar-refractivity contribution in [2.45, 2.75) is 52.1 Å². The van der Waals surface area contributed by atoms with E-state index < -0.39 is 16.6 Å². The molecule has 13 nitrogen and oxygen atoms in total. The number of rotatable bonds is 13. The van der Waals surface area contributed by atoms with Crippen LogP contribution in [0, 0.1) is 10.1 Å². The number of hydrogen-bond donors (Lipinski definition) is 1. The average Bonchev–Trinajstić information content (AvgIpc) is 2.88. The van der Waals surface area contributed by atoms with Crippen molar-refractivity contribution in [2.75, 3.05) is 62.5 Å². The first-order valence-electron chi connectivity index (χ1n) is 12.9. The Hall–Kier alpha value is -3.74. The molecular weight excluding hydrogens is 492 g/mol. The molecule has 13 heteroatoms. The van der Waals surface area contributed by atoms with Gasteiger partial charge in [-0.05, 0) is 51.9 Å². The number of hydrogen-bond acceptors (Lipinski definition) is 12. The lowest BCUT2D eigenvalue weighted by molar-refractivity contribution is -0.383. The van der Waals surface area contributed by atoms with Crippen molar-refractivity contribution in [2.24, 2.45) is 0 Å². The fourth-order valence-corrected chi connectivity index (χ4v) is 4.30. The summed E-state index contributed by atoms with van der Waals surface area (Å²) in [6.45, 7) is 5.87. The zero-order chi connectivity index (χ0) is 27.7. The number of unbranched alkanes of at least 4 members (excludes halogenated alkanes) is 1. The van der Waals surface area contributed by atoms with Gasteiger partial charge in [-0.15, -0.1) is 0 Å². The summed E-state index contributed by atoms with van der Waals surface area (Å²) in [4.78, 5) is 42.5. The molecule has 208 valence electrons. The number of anilines is 3. The zero-order valence-corrected chi connectivity index (χ0v) is 22.6. The number of carbonyl (C=O) groups is 1. The predicted molar refractivity (Wildman–Crippen MR) is 144 cm³/mol. The number of nitrogens with two attached hydrogens (primary N) is 1. The molecule has 2 N–H and O–H groups in total. The van der Waals surface area contributed by atoms with Crippen LogP contribution in [-0.2, 0) is 16.1 Å². The summed E-state index contributed by atoms with van der Waals surface area (Å²) in [5.74, 6) is -0.139. The van der Waals surface area contributed by atoms with Crippen LogP contribution in [0.15, 0.2) is 18.3 Å². The molecule has 0 aromatic carbocycles. The summed E-state index contributed by atoms with van der Waals surface area (Å²) in [7, 11) is 4.20. The third-order valence-electron chi connectivity index (χ3n) is 6.41. The van der Waals surface area contributed by atoms with Crippen LogP contribution in [0.25, 0.3) is 0 Å². The summed E-state index contributed by atoms with van der Waals surface area (Å²) in [5.41, 5.74) is 6.18. The molecule has 38 heavy (non-hydrogen) atoms. The molecular formula is C25H38N8O5. The molecule has 0 amide bonds. The molecule has 0 atom stereocenters. The fourth-order valence-electron chi connectivity index (χ4n) is 4.30. The number of nitrogen functional groups attached to an aromatic ring is 1. The lowest BCUT2D eigenvalue weighted by Gasteiger charge is -2.35. The second kappa shape index (κ2) is 13.7. The number of nitro groups is 1. The topological polar surface area (TPSA) is 153 Å². The Balaban J connectivity index is 1.86. The largest absolute Gasteiger partial charge is 0.465 e. The predicted octanol–water partition coefficient (Wildman–Crippen LogP) is 2.64. The molecule has 1 aliphatic heterocycles. The van der Waals surface area contributed by atoms with E-state index in [1.54, 1.807) is 13.1 Å². The molecule has 0 radical (unpaired) electrons. The van der Waals surface area contributed by atoms with E-state index in [-0.39, 0.29) is 37.3 Å². The smallest absolute Gasteiger partial charge is 0.353 e. The summed E-state index contributed by atoms with van der Waals surface area (Å²) < 4.78 is 10.7. The van der Waals surface area contributed by atoms with E-state index in [0.717, 1.165) is 50.2 Å². The maximum atomic E-state index is 12.4. The third kappa shape index (κ3) is 7.63. The van der Waals surface area contributed by atoms with Gasteiger partial charge < -0.3 is 29.9 Å². The second-order valence-corrected chi connectivity index (χ2v) is 9.39. The van der Waals surface area contributed by atoms with Crippen LogP contribution in [-0.4, -0.2) is 83.7 Å². The first kappa shape index (κ1) is 28.8. The quantitative estimate of drug-likeness (QED) is 0.175.